The first-order valence-corrected chi connectivity index (χ1v) is 9.62. The Kier molecular flexibility index (Phi) is 4.74. The summed E-state index contributed by atoms with van der Waals surface area (Å²) in [7, 11) is 0. The molecule has 0 radical (unpaired) electrons. The van der Waals surface area contributed by atoms with E-state index in [1.807, 2.05) is 6.92 Å². The quantitative estimate of drug-likeness (QED) is 0.879. The molecule has 2 bridgehead atoms. The van der Waals surface area contributed by atoms with E-state index in [0.29, 0.717) is 42.9 Å². The SMILES string of the molecule is CCN(CC(=O)Nc1ccc2c(c1)OCCO2)C(=O)[C@@H]1C[C@H]2CC[C@H]1C2. The van der Waals surface area contributed by atoms with E-state index in [4.69, 9.17) is 9.47 Å². The van der Waals surface area contributed by atoms with Gasteiger partial charge in [-0.3, -0.25) is 9.59 Å². The predicted molar refractivity (Wildman–Crippen MR) is 97.3 cm³/mol. The minimum absolute atomic E-state index is 0.0949. The summed E-state index contributed by atoms with van der Waals surface area (Å²) in [5.74, 6) is 2.67. The van der Waals surface area contributed by atoms with E-state index in [0.717, 1.165) is 12.3 Å². The average molecular weight is 358 g/mol. The van der Waals surface area contributed by atoms with Gasteiger partial charge in [-0.05, 0) is 50.2 Å². The molecule has 3 atom stereocenters. The van der Waals surface area contributed by atoms with Crippen LogP contribution in [0.1, 0.15) is 32.6 Å². The van der Waals surface area contributed by atoms with Crippen molar-refractivity contribution in [3.63, 3.8) is 0 Å². The number of anilines is 1. The van der Waals surface area contributed by atoms with Gasteiger partial charge in [0.05, 0.1) is 6.54 Å². The van der Waals surface area contributed by atoms with Gasteiger partial charge in [-0.15, -0.1) is 0 Å². The van der Waals surface area contributed by atoms with Crippen LogP contribution in [-0.2, 0) is 9.59 Å². The Hall–Kier alpha value is -2.24. The maximum absolute atomic E-state index is 12.9. The highest BCUT2D eigenvalue weighted by atomic mass is 16.6. The molecule has 1 heterocycles. The van der Waals surface area contributed by atoms with Gasteiger partial charge in [0, 0.05) is 24.2 Å². The van der Waals surface area contributed by atoms with Crippen LogP contribution in [0.25, 0.3) is 0 Å². The third-order valence-electron chi connectivity index (χ3n) is 5.91. The molecule has 6 nitrogen and oxygen atoms in total. The van der Waals surface area contributed by atoms with Crippen LogP contribution in [0.3, 0.4) is 0 Å². The van der Waals surface area contributed by atoms with E-state index < -0.39 is 0 Å². The molecule has 6 heteroatoms. The van der Waals surface area contributed by atoms with Gasteiger partial charge in [-0.1, -0.05) is 6.42 Å². The van der Waals surface area contributed by atoms with Crippen molar-refractivity contribution in [2.75, 3.05) is 31.6 Å². The van der Waals surface area contributed by atoms with E-state index in [1.165, 1.54) is 19.3 Å². The van der Waals surface area contributed by atoms with Gasteiger partial charge in [0.2, 0.25) is 11.8 Å². The number of rotatable bonds is 5. The number of likely N-dealkylation sites (N-methyl/N-ethyl adjacent to an activating group) is 1. The number of carbonyl (C=O) groups excluding carboxylic acids is 2. The minimum atomic E-state index is -0.181. The van der Waals surface area contributed by atoms with E-state index in [9.17, 15) is 9.59 Å². The van der Waals surface area contributed by atoms with E-state index >= 15 is 0 Å². The zero-order chi connectivity index (χ0) is 18.1. The molecule has 1 N–H and O–H groups in total. The van der Waals surface area contributed by atoms with E-state index in [2.05, 4.69) is 5.32 Å². The Morgan fingerprint density at radius 3 is 2.65 bits per heavy atom. The topological polar surface area (TPSA) is 67.9 Å². The zero-order valence-electron chi connectivity index (χ0n) is 15.2. The first-order chi connectivity index (χ1) is 12.6. The summed E-state index contributed by atoms with van der Waals surface area (Å²) in [6.07, 6.45) is 4.63. The van der Waals surface area contributed by atoms with E-state index in [1.54, 1.807) is 23.1 Å². The molecule has 1 aromatic rings. The van der Waals surface area contributed by atoms with Crippen molar-refractivity contribution in [2.24, 2.45) is 17.8 Å². The number of nitrogens with zero attached hydrogens (tertiary/aromatic N) is 1. The smallest absolute Gasteiger partial charge is 0.243 e. The molecule has 2 saturated carbocycles. The minimum Gasteiger partial charge on any atom is -0.486 e. The highest BCUT2D eigenvalue weighted by Crippen LogP contribution is 2.48. The number of fused-ring (bicyclic) bond motifs is 3. The third kappa shape index (κ3) is 3.37. The Balaban J connectivity index is 1.36. The molecule has 3 aliphatic rings. The van der Waals surface area contributed by atoms with Gasteiger partial charge >= 0.3 is 0 Å². The second-order valence-corrected chi connectivity index (χ2v) is 7.54. The molecule has 2 aliphatic carbocycles. The van der Waals surface area contributed by atoms with Gasteiger partial charge in [0.15, 0.2) is 11.5 Å². The Morgan fingerprint density at radius 2 is 1.96 bits per heavy atom. The predicted octanol–water partition coefficient (Wildman–Crippen LogP) is 2.68. The van der Waals surface area contributed by atoms with Crippen LogP contribution in [0.5, 0.6) is 11.5 Å². The van der Waals surface area contributed by atoms with Crippen molar-refractivity contribution in [3.8, 4) is 11.5 Å². The molecule has 0 spiro atoms. The maximum atomic E-state index is 12.9. The van der Waals surface area contributed by atoms with E-state index in [-0.39, 0.29) is 24.3 Å². The fraction of sp³-hybridized carbons (Fsp3) is 0.600. The molecule has 0 saturated heterocycles. The summed E-state index contributed by atoms with van der Waals surface area (Å²) < 4.78 is 11.0. The van der Waals surface area contributed by atoms with Crippen molar-refractivity contribution < 1.29 is 19.1 Å². The highest BCUT2D eigenvalue weighted by molar-refractivity contribution is 5.95. The monoisotopic (exact) mass is 358 g/mol. The van der Waals surface area contributed by atoms with Crippen LogP contribution in [0.15, 0.2) is 18.2 Å². The van der Waals surface area contributed by atoms with Gasteiger partial charge in [-0.25, -0.2) is 0 Å². The molecule has 2 fully saturated rings. The fourth-order valence-electron chi connectivity index (χ4n) is 4.62. The van der Waals surface area contributed by atoms with Crippen molar-refractivity contribution in [2.45, 2.75) is 32.6 Å². The van der Waals surface area contributed by atoms with Crippen LogP contribution in [0, 0.1) is 17.8 Å². The molecule has 140 valence electrons. The normalized spacial score (nSPS) is 25.8. The number of hydrogen-bond acceptors (Lipinski definition) is 4. The van der Waals surface area contributed by atoms with Gasteiger partial charge in [-0.2, -0.15) is 0 Å². The Labute approximate surface area is 153 Å². The number of amides is 2. The van der Waals surface area contributed by atoms with Crippen LogP contribution in [-0.4, -0.2) is 43.0 Å². The standard InChI is InChI=1S/C20H26N2O4/c1-2-22(20(24)16-10-13-3-4-14(16)9-13)12-19(23)21-15-5-6-17-18(11-15)26-8-7-25-17/h5-6,11,13-14,16H,2-4,7-10,12H2,1H3,(H,21,23)/t13-,14-,16+/m0/s1. The first kappa shape index (κ1) is 17.2. The van der Waals surface area contributed by atoms with Gasteiger partial charge in [0.1, 0.15) is 13.2 Å². The third-order valence-corrected chi connectivity index (χ3v) is 5.91. The molecule has 26 heavy (non-hydrogen) atoms. The number of ether oxygens (including phenoxy) is 2. The molecule has 0 aromatic heterocycles. The molecular formula is C20H26N2O4. The molecule has 4 rings (SSSR count). The number of carbonyl (C=O) groups is 2. The van der Waals surface area contributed by atoms with Crippen LogP contribution in [0.2, 0.25) is 0 Å². The van der Waals surface area contributed by atoms with Crippen LogP contribution in [0.4, 0.5) is 5.69 Å². The second-order valence-electron chi connectivity index (χ2n) is 7.54. The van der Waals surface area contributed by atoms with Crippen molar-refractivity contribution in [1.29, 1.82) is 0 Å². The largest absolute Gasteiger partial charge is 0.486 e. The number of hydrogen-bond donors (Lipinski definition) is 1. The number of nitrogens with one attached hydrogen (secondary N) is 1. The summed E-state index contributed by atoms with van der Waals surface area (Å²) in [5.41, 5.74) is 0.655. The summed E-state index contributed by atoms with van der Waals surface area (Å²) in [6, 6.07) is 5.35. The highest BCUT2D eigenvalue weighted by Gasteiger charge is 2.44. The lowest BCUT2D eigenvalue weighted by Crippen LogP contribution is -2.42. The summed E-state index contributed by atoms with van der Waals surface area (Å²) in [6.45, 7) is 3.63. The van der Waals surface area contributed by atoms with Crippen LogP contribution >= 0.6 is 0 Å². The average Bonchev–Trinajstić information content (AvgIpc) is 3.29. The lowest BCUT2D eigenvalue weighted by Gasteiger charge is -2.28. The molecule has 2 amide bonds. The molecular weight excluding hydrogens is 332 g/mol. The van der Waals surface area contributed by atoms with Gasteiger partial charge < -0.3 is 19.7 Å². The fourth-order valence-corrected chi connectivity index (χ4v) is 4.62. The van der Waals surface area contributed by atoms with Crippen LogP contribution < -0.4 is 14.8 Å². The maximum Gasteiger partial charge on any atom is 0.243 e. The van der Waals surface area contributed by atoms with Crippen molar-refractivity contribution in [3.05, 3.63) is 18.2 Å². The molecule has 1 aliphatic heterocycles. The summed E-state index contributed by atoms with van der Waals surface area (Å²) >= 11 is 0. The second kappa shape index (κ2) is 7.17. The first-order valence-electron chi connectivity index (χ1n) is 9.62. The molecule has 0 unspecified atom stereocenters. The summed E-state index contributed by atoms with van der Waals surface area (Å²) in [5, 5.41) is 2.87. The lowest BCUT2D eigenvalue weighted by atomic mass is 9.87. The van der Waals surface area contributed by atoms with Crippen molar-refractivity contribution >= 4 is 17.5 Å². The number of benzene rings is 1. The van der Waals surface area contributed by atoms with Gasteiger partial charge in [0.25, 0.3) is 0 Å². The zero-order valence-corrected chi connectivity index (χ0v) is 15.2. The van der Waals surface area contributed by atoms with Crippen molar-refractivity contribution in [1.82, 2.24) is 4.90 Å². The summed E-state index contributed by atoms with van der Waals surface area (Å²) in [4.78, 5) is 27.0. The lowest BCUT2D eigenvalue weighted by molar-refractivity contribution is -0.139. The Bertz CT molecular complexity index is 705. The molecule has 1 aromatic carbocycles. The Morgan fingerprint density at radius 1 is 1.15 bits per heavy atom.